The van der Waals surface area contributed by atoms with Gasteiger partial charge in [0.1, 0.15) is 11.7 Å². The second-order valence-electron chi connectivity index (χ2n) is 5.86. The van der Waals surface area contributed by atoms with Crippen molar-refractivity contribution in [3.05, 3.63) is 12.7 Å². The highest BCUT2D eigenvalue weighted by atomic mass is 32.2. The standard InChI is InChI=1S/C13H16O6S2/c1-3-11(15)20-6-10(14)18-12-7-4-8-9(5-7)21(16,17)19-13(8,12)2/h3,7-9,12H,1,4-6H2,2H3. The average Bonchev–Trinajstić information content (AvgIpc) is 2.98. The summed E-state index contributed by atoms with van der Waals surface area (Å²) >= 11 is 0.815. The van der Waals surface area contributed by atoms with Crippen molar-refractivity contribution < 1.29 is 26.9 Å². The Morgan fingerprint density at radius 2 is 2.19 bits per heavy atom. The quantitative estimate of drug-likeness (QED) is 0.429. The molecular formula is C13H16O6S2. The van der Waals surface area contributed by atoms with Crippen LogP contribution in [0.2, 0.25) is 0 Å². The molecule has 5 atom stereocenters. The van der Waals surface area contributed by atoms with Crippen LogP contribution >= 0.6 is 11.8 Å². The zero-order valence-corrected chi connectivity index (χ0v) is 13.1. The van der Waals surface area contributed by atoms with Crippen LogP contribution in [0.3, 0.4) is 0 Å². The summed E-state index contributed by atoms with van der Waals surface area (Å²) in [5.41, 5.74) is -0.949. The van der Waals surface area contributed by atoms with Crippen molar-refractivity contribution in [1.82, 2.24) is 0 Å². The number of ether oxygens (including phenoxy) is 1. The lowest BCUT2D eigenvalue weighted by atomic mass is 9.83. The lowest BCUT2D eigenvalue weighted by molar-refractivity contribution is -0.160. The van der Waals surface area contributed by atoms with Gasteiger partial charge in [-0.25, -0.2) is 0 Å². The third-order valence-corrected chi connectivity index (χ3v) is 7.38. The summed E-state index contributed by atoms with van der Waals surface area (Å²) in [4.78, 5) is 22.9. The number of hydrogen-bond donors (Lipinski definition) is 0. The molecule has 2 saturated carbocycles. The van der Waals surface area contributed by atoms with Crippen LogP contribution in [0.4, 0.5) is 0 Å². The molecule has 1 saturated heterocycles. The molecule has 3 aliphatic rings. The molecule has 8 heteroatoms. The first kappa shape index (κ1) is 15.1. The van der Waals surface area contributed by atoms with E-state index in [9.17, 15) is 18.0 Å². The van der Waals surface area contributed by atoms with E-state index >= 15 is 0 Å². The van der Waals surface area contributed by atoms with E-state index in [4.69, 9.17) is 8.92 Å². The summed E-state index contributed by atoms with van der Waals surface area (Å²) in [6, 6.07) is 0. The van der Waals surface area contributed by atoms with E-state index in [-0.39, 0.29) is 22.7 Å². The fourth-order valence-electron chi connectivity index (χ4n) is 3.88. The monoisotopic (exact) mass is 332 g/mol. The highest BCUT2D eigenvalue weighted by Crippen LogP contribution is 2.61. The molecule has 0 amide bonds. The fraction of sp³-hybridized carbons (Fsp3) is 0.692. The maximum Gasteiger partial charge on any atom is 0.316 e. The van der Waals surface area contributed by atoms with Gasteiger partial charge >= 0.3 is 5.97 Å². The molecule has 1 aliphatic heterocycles. The molecule has 1 heterocycles. The van der Waals surface area contributed by atoms with Gasteiger partial charge in [0.2, 0.25) is 5.12 Å². The SMILES string of the molecule is C=CC(=O)SCC(=O)OC1C2CC3C(C2)S(=O)(=O)OC31C. The Balaban J connectivity index is 1.69. The average molecular weight is 332 g/mol. The van der Waals surface area contributed by atoms with Crippen molar-refractivity contribution in [3.8, 4) is 0 Å². The molecule has 0 aromatic rings. The zero-order chi connectivity index (χ0) is 15.4. The minimum absolute atomic E-state index is 0.0198. The molecular weight excluding hydrogens is 316 g/mol. The highest BCUT2D eigenvalue weighted by molar-refractivity contribution is 8.14. The van der Waals surface area contributed by atoms with E-state index in [1.54, 1.807) is 6.92 Å². The first-order valence-corrected chi connectivity index (χ1v) is 9.17. The molecule has 0 aromatic heterocycles. The third-order valence-electron chi connectivity index (χ3n) is 4.69. The van der Waals surface area contributed by atoms with Crippen molar-refractivity contribution in [2.45, 2.75) is 36.7 Å². The number of carbonyl (C=O) groups excluding carboxylic acids is 2. The highest BCUT2D eigenvalue weighted by Gasteiger charge is 2.71. The zero-order valence-electron chi connectivity index (χ0n) is 11.5. The van der Waals surface area contributed by atoms with Crippen molar-refractivity contribution >= 4 is 33.0 Å². The lowest BCUT2D eigenvalue weighted by Crippen LogP contribution is -2.47. The van der Waals surface area contributed by atoms with Gasteiger partial charge < -0.3 is 4.74 Å². The van der Waals surface area contributed by atoms with Crippen molar-refractivity contribution in [2.24, 2.45) is 11.8 Å². The van der Waals surface area contributed by atoms with Crippen LogP contribution in [0.15, 0.2) is 12.7 Å². The molecule has 6 nitrogen and oxygen atoms in total. The Morgan fingerprint density at radius 3 is 2.86 bits per heavy atom. The maximum atomic E-state index is 11.9. The lowest BCUT2D eigenvalue weighted by Gasteiger charge is -2.33. The smallest absolute Gasteiger partial charge is 0.316 e. The molecule has 3 fully saturated rings. The summed E-state index contributed by atoms with van der Waals surface area (Å²) < 4.78 is 34.6. The molecule has 0 radical (unpaired) electrons. The Morgan fingerprint density at radius 1 is 1.48 bits per heavy atom. The number of esters is 1. The third kappa shape index (κ3) is 2.24. The van der Waals surface area contributed by atoms with Gasteiger partial charge in [-0.05, 0) is 25.8 Å². The van der Waals surface area contributed by atoms with Gasteiger partial charge in [-0.1, -0.05) is 18.3 Å². The number of hydrogen-bond acceptors (Lipinski definition) is 7. The molecule has 21 heavy (non-hydrogen) atoms. The first-order chi connectivity index (χ1) is 9.78. The van der Waals surface area contributed by atoms with E-state index in [0.29, 0.717) is 12.8 Å². The second-order valence-corrected chi connectivity index (χ2v) is 8.60. The topological polar surface area (TPSA) is 86.7 Å². The van der Waals surface area contributed by atoms with E-state index in [0.717, 1.165) is 17.8 Å². The first-order valence-electron chi connectivity index (χ1n) is 6.71. The van der Waals surface area contributed by atoms with Crippen LogP contribution in [-0.2, 0) is 28.6 Å². The van der Waals surface area contributed by atoms with Crippen molar-refractivity contribution in [1.29, 1.82) is 0 Å². The molecule has 0 N–H and O–H groups in total. The van der Waals surface area contributed by atoms with Crippen LogP contribution in [0, 0.1) is 11.8 Å². The minimum atomic E-state index is -3.55. The second kappa shape index (κ2) is 4.82. The predicted molar refractivity (Wildman–Crippen MR) is 76.0 cm³/mol. The van der Waals surface area contributed by atoms with E-state index < -0.39 is 33.0 Å². The predicted octanol–water partition coefficient (Wildman–Crippen LogP) is 0.871. The van der Waals surface area contributed by atoms with E-state index in [2.05, 4.69) is 6.58 Å². The molecule has 2 bridgehead atoms. The van der Waals surface area contributed by atoms with E-state index in [1.165, 1.54) is 0 Å². The Bertz CT molecular complexity index is 612. The number of thioether (sulfide) groups is 1. The van der Waals surface area contributed by atoms with Crippen LogP contribution in [-0.4, -0.2) is 42.2 Å². The van der Waals surface area contributed by atoms with Crippen LogP contribution < -0.4 is 0 Å². The largest absolute Gasteiger partial charge is 0.458 e. The molecule has 3 rings (SSSR count). The Labute approximate surface area is 127 Å². The molecule has 116 valence electrons. The Hall–Kier alpha value is -0.860. The van der Waals surface area contributed by atoms with Gasteiger partial charge in [-0.2, -0.15) is 8.42 Å². The van der Waals surface area contributed by atoms with Crippen LogP contribution in [0.1, 0.15) is 19.8 Å². The van der Waals surface area contributed by atoms with Gasteiger partial charge in [-0.3, -0.25) is 13.8 Å². The summed E-state index contributed by atoms with van der Waals surface area (Å²) in [6.07, 6.45) is 1.77. The summed E-state index contributed by atoms with van der Waals surface area (Å²) in [5.74, 6) is -0.720. The molecule has 0 aromatic carbocycles. The minimum Gasteiger partial charge on any atom is -0.458 e. The number of rotatable bonds is 4. The van der Waals surface area contributed by atoms with Crippen LogP contribution in [0.25, 0.3) is 0 Å². The summed E-state index contributed by atoms with van der Waals surface area (Å²) in [7, 11) is -3.55. The number of fused-ring (bicyclic) bond motifs is 1. The van der Waals surface area contributed by atoms with Gasteiger partial charge in [0.25, 0.3) is 10.1 Å². The summed E-state index contributed by atoms with van der Waals surface area (Å²) in [6.45, 7) is 5.02. The van der Waals surface area contributed by atoms with Crippen molar-refractivity contribution in [2.75, 3.05) is 5.75 Å². The molecule has 0 spiro atoms. The maximum absolute atomic E-state index is 11.9. The normalized spacial score (nSPS) is 42.0. The van der Waals surface area contributed by atoms with Gasteiger partial charge in [0.05, 0.1) is 11.0 Å². The molecule has 5 unspecified atom stereocenters. The van der Waals surface area contributed by atoms with Crippen LogP contribution in [0.5, 0.6) is 0 Å². The Kier molecular flexibility index (Phi) is 3.46. The molecule has 2 aliphatic carbocycles. The van der Waals surface area contributed by atoms with Crippen molar-refractivity contribution in [3.63, 3.8) is 0 Å². The van der Waals surface area contributed by atoms with E-state index in [1.807, 2.05) is 0 Å². The number of carbonyl (C=O) groups is 2. The fourth-order valence-corrected chi connectivity index (χ4v) is 6.44. The van der Waals surface area contributed by atoms with Gasteiger partial charge in [0.15, 0.2) is 0 Å². The van der Waals surface area contributed by atoms with Gasteiger partial charge in [-0.15, -0.1) is 0 Å². The summed E-state index contributed by atoms with van der Waals surface area (Å²) in [5, 5.41) is -0.759. The van der Waals surface area contributed by atoms with Gasteiger partial charge in [0, 0.05) is 11.8 Å².